The Kier molecular flexibility index (Phi) is 3.97. The van der Waals surface area contributed by atoms with Crippen LogP contribution in [0.4, 0.5) is 0 Å². The molecular weight excluding hydrogens is 196 g/mol. The van der Waals surface area contributed by atoms with Crippen LogP contribution in [0.15, 0.2) is 18.2 Å². The van der Waals surface area contributed by atoms with Gasteiger partial charge in [0.05, 0.1) is 0 Å². The van der Waals surface area contributed by atoms with Crippen LogP contribution in [0, 0.1) is 13.8 Å². The Labute approximate surface area is 98.4 Å². The fourth-order valence-electron chi connectivity index (χ4n) is 2.49. The maximum Gasteiger partial charge on any atom is 0.0206 e. The van der Waals surface area contributed by atoms with Crippen molar-refractivity contribution < 1.29 is 0 Å². The summed E-state index contributed by atoms with van der Waals surface area (Å²) in [7, 11) is 0. The Balaban J connectivity index is 1.80. The van der Waals surface area contributed by atoms with Crippen molar-refractivity contribution in [2.75, 3.05) is 13.1 Å². The fourth-order valence-corrected chi connectivity index (χ4v) is 2.49. The number of benzene rings is 1. The highest BCUT2D eigenvalue weighted by Crippen LogP contribution is 2.09. The first-order valence-corrected chi connectivity index (χ1v) is 6.25. The predicted octanol–water partition coefficient (Wildman–Crippen LogP) is 2.15. The molecule has 1 saturated heterocycles. The summed E-state index contributed by atoms with van der Waals surface area (Å²) in [5.74, 6) is 0. The van der Waals surface area contributed by atoms with E-state index in [9.17, 15) is 0 Å². The van der Waals surface area contributed by atoms with E-state index in [2.05, 4.69) is 42.7 Å². The van der Waals surface area contributed by atoms with Gasteiger partial charge in [0, 0.05) is 19.1 Å². The van der Waals surface area contributed by atoms with E-state index >= 15 is 0 Å². The molecule has 1 aliphatic rings. The van der Waals surface area contributed by atoms with Crippen LogP contribution in [0.2, 0.25) is 0 Å². The van der Waals surface area contributed by atoms with Crippen LogP contribution in [0.3, 0.4) is 0 Å². The lowest BCUT2D eigenvalue weighted by atomic mass is 10.1. The molecule has 2 nitrogen and oxygen atoms in total. The lowest BCUT2D eigenvalue weighted by Crippen LogP contribution is -2.33. The van der Waals surface area contributed by atoms with E-state index in [1.54, 1.807) is 0 Å². The van der Waals surface area contributed by atoms with Crippen molar-refractivity contribution in [2.24, 2.45) is 0 Å². The first kappa shape index (κ1) is 11.6. The van der Waals surface area contributed by atoms with Crippen molar-refractivity contribution in [3.05, 3.63) is 34.9 Å². The average molecular weight is 218 g/mol. The molecule has 0 bridgehead atoms. The van der Waals surface area contributed by atoms with Gasteiger partial charge in [0.2, 0.25) is 0 Å². The summed E-state index contributed by atoms with van der Waals surface area (Å²) in [5, 5.41) is 7.04. The lowest BCUT2D eigenvalue weighted by Gasteiger charge is -2.12. The van der Waals surface area contributed by atoms with Crippen molar-refractivity contribution in [3.8, 4) is 0 Å². The highest BCUT2D eigenvalue weighted by Gasteiger charge is 2.12. The minimum atomic E-state index is 0.686. The zero-order chi connectivity index (χ0) is 11.4. The molecule has 1 atom stereocenters. The van der Waals surface area contributed by atoms with Gasteiger partial charge in [-0.3, -0.25) is 0 Å². The summed E-state index contributed by atoms with van der Waals surface area (Å²) in [6.07, 6.45) is 2.65. The molecule has 2 rings (SSSR count). The second-order valence-electron chi connectivity index (χ2n) is 4.92. The fraction of sp³-hybridized carbons (Fsp3) is 0.571. The molecule has 1 aliphatic heterocycles. The molecule has 0 spiro atoms. The lowest BCUT2D eigenvalue weighted by molar-refractivity contribution is 0.535. The van der Waals surface area contributed by atoms with Crippen LogP contribution in [-0.4, -0.2) is 19.1 Å². The van der Waals surface area contributed by atoms with E-state index < -0.39 is 0 Å². The molecule has 88 valence electrons. The van der Waals surface area contributed by atoms with Crippen LogP contribution >= 0.6 is 0 Å². The first-order valence-electron chi connectivity index (χ1n) is 6.25. The van der Waals surface area contributed by atoms with Gasteiger partial charge < -0.3 is 10.6 Å². The molecule has 0 aliphatic carbocycles. The summed E-state index contributed by atoms with van der Waals surface area (Å²) in [4.78, 5) is 0. The van der Waals surface area contributed by atoms with E-state index in [0.717, 1.165) is 13.1 Å². The summed E-state index contributed by atoms with van der Waals surface area (Å²) in [6, 6.07) is 7.44. The smallest absolute Gasteiger partial charge is 0.0206 e. The molecule has 2 N–H and O–H groups in total. The highest BCUT2D eigenvalue weighted by atomic mass is 15.0. The van der Waals surface area contributed by atoms with Gasteiger partial charge in [-0.1, -0.05) is 29.3 Å². The number of nitrogens with one attached hydrogen (secondary N) is 2. The molecule has 1 aromatic rings. The van der Waals surface area contributed by atoms with Crippen molar-refractivity contribution >= 4 is 0 Å². The van der Waals surface area contributed by atoms with Gasteiger partial charge in [0.25, 0.3) is 0 Å². The van der Waals surface area contributed by atoms with Crippen molar-refractivity contribution in [2.45, 2.75) is 39.3 Å². The minimum Gasteiger partial charge on any atom is -0.313 e. The third-order valence-corrected chi connectivity index (χ3v) is 3.16. The monoisotopic (exact) mass is 218 g/mol. The van der Waals surface area contributed by atoms with Gasteiger partial charge in [-0.05, 0) is 38.8 Å². The van der Waals surface area contributed by atoms with Crippen molar-refractivity contribution in [3.63, 3.8) is 0 Å². The number of hydrogen-bond acceptors (Lipinski definition) is 2. The Bertz CT molecular complexity index is 320. The largest absolute Gasteiger partial charge is 0.313 e. The summed E-state index contributed by atoms with van der Waals surface area (Å²) < 4.78 is 0. The zero-order valence-corrected chi connectivity index (χ0v) is 10.3. The van der Waals surface area contributed by atoms with Crippen LogP contribution < -0.4 is 10.6 Å². The maximum atomic E-state index is 3.54. The number of aryl methyl sites for hydroxylation is 2. The summed E-state index contributed by atoms with van der Waals surface area (Å²) in [6.45, 7) is 7.59. The minimum absolute atomic E-state index is 0.686. The third kappa shape index (κ3) is 3.32. The molecule has 0 aromatic heterocycles. The SMILES string of the molecule is Cc1cc(C)cc(CNCC2CCCN2)c1. The molecule has 2 heteroatoms. The van der Waals surface area contributed by atoms with E-state index in [1.165, 1.54) is 36.1 Å². The average Bonchev–Trinajstić information content (AvgIpc) is 2.69. The second-order valence-corrected chi connectivity index (χ2v) is 4.92. The summed E-state index contributed by atoms with van der Waals surface area (Å²) in [5.41, 5.74) is 4.11. The highest BCUT2D eigenvalue weighted by molar-refractivity contribution is 5.28. The molecule has 0 amide bonds. The first-order chi connectivity index (χ1) is 7.74. The summed E-state index contributed by atoms with van der Waals surface area (Å²) >= 11 is 0. The normalized spacial score (nSPS) is 20.2. The van der Waals surface area contributed by atoms with Crippen molar-refractivity contribution in [1.29, 1.82) is 0 Å². The zero-order valence-electron chi connectivity index (χ0n) is 10.3. The Morgan fingerprint density at radius 2 is 2.00 bits per heavy atom. The van der Waals surface area contributed by atoms with Gasteiger partial charge in [0.15, 0.2) is 0 Å². The van der Waals surface area contributed by atoms with E-state index in [1.807, 2.05) is 0 Å². The van der Waals surface area contributed by atoms with Crippen LogP contribution in [0.5, 0.6) is 0 Å². The predicted molar refractivity (Wildman–Crippen MR) is 68.6 cm³/mol. The van der Waals surface area contributed by atoms with Crippen LogP contribution in [0.1, 0.15) is 29.5 Å². The Hall–Kier alpha value is -0.860. The molecule has 0 radical (unpaired) electrons. The van der Waals surface area contributed by atoms with Gasteiger partial charge >= 0.3 is 0 Å². The number of hydrogen-bond donors (Lipinski definition) is 2. The number of rotatable bonds is 4. The molecule has 0 saturated carbocycles. The Morgan fingerprint density at radius 1 is 1.25 bits per heavy atom. The standard InChI is InChI=1S/C14H22N2/c1-11-6-12(2)8-13(7-11)9-15-10-14-4-3-5-16-14/h6-8,14-16H,3-5,9-10H2,1-2H3. The van der Waals surface area contributed by atoms with E-state index in [-0.39, 0.29) is 0 Å². The molecule has 16 heavy (non-hydrogen) atoms. The Morgan fingerprint density at radius 3 is 2.62 bits per heavy atom. The van der Waals surface area contributed by atoms with Crippen LogP contribution in [0.25, 0.3) is 0 Å². The van der Waals surface area contributed by atoms with Gasteiger partial charge in [0.1, 0.15) is 0 Å². The molecule has 1 heterocycles. The van der Waals surface area contributed by atoms with Crippen LogP contribution in [-0.2, 0) is 6.54 Å². The quantitative estimate of drug-likeness (QED) is 0.809. The molecule has 1 fully saturated rings. The topological polar surface area (TPSA) is 24.1 Å². The van der Waals surface area contributed by atoms with Gasteiger partial charge in [-0.25, -0.2) is 0 Å². The second kappa shape index (κ2) is 5.46. The maximum absolute atomic E-state index is 3.54. The molecule has 1 aromatic carbocycles. The van der Waals surface area contributed by atoms with Gasteiger partial charge in [-0.2, -0.15) is 0 Å². The third-order valence-electron chi connectivity index (χ3n) is 3.16. The van der Waals surface area contributed by atoms with E-state index in [4.69, 9.17) is 0 Å². The van der Waals surface area contributed by atoms with Gasteiger partial charge in [-0.15, -0.1) is 0 Å². The van der Waals surface area contributed by atoms with Crippen molar-refractivity contribution in [1.82, 2.24) is 10.6 Å². The van der Waals surface area contributed by atoms with E-state index in [0.29, 0.717) is 6.04 Å². The molecular formula is C14H22N2. The molecule has 1 unspecified atom stereocenters.